The van der Waals surface area contributed by atoms with Gasteiger partial charge in [0.25, 0.3) is 0 Å². The molecule has 0 aromatic heterocycles. The van der Waals surface area contributed by atoms with Crippen LogP contribution in [0.2, 0.25) is 0 Å². The van der Waals surface area contributed by atoms with Crippen LogP contribution in [0.4, 0.5) is 0 Å². The third kappa shape index (κ3) is 5.32. The summed E-state index contributed by atoms with van der Waals surface area (Å²) in [5.41, 5.74) is 2.53. The van der Waals surface area contributed by atoms with Crippen LogP contribution in [0.5, 0.6) is 0 Å². The fourth-order valence-corrected chi connectivity index (χ4v) is 3.15. The molecule has 1 amide bonds. The SMILES string of the molecule is CC(C)c1ccc(C(NC(=O)CN2CCN(C)CC2)C(C)C)cc1. The van der Waals surface area contributed by atoms with E-state index in [4.69, 9.17) is 0 Å². The minimum Gasteiger partial charge on any atom is -0.348 e. The van der Waals surface area contributed by atoms with Gasteiger partial charge in [-0.15, -0.1) is 0 Å². The number of piperazine rings is 1. The predicted octanol–water partition coefficient (Wildman–Crippen LogP) is 2.87. The van der Waals surface area contributed by atoms with E-state index in [9.17, 15) is 4.79 Å². The summed E-state index contributed by atoms with van der Waals surface area (Å²) in [7, 11) is 2.13. The molecule has 4 heteroatoms. The molecular weight excluding hydrogens is 298 g/mol. The highest BCUT2D eigenvalue weighted by Crippen LogP contribution is 2.24. The van der Waals surface area contributed by atoms with E-state index in [0.717, 1.165) is 26.2 Å². The molecule has 1 saturated heterocycles. The lowest BCUT2D eigenvalue weighted by Gasteiger charge is -2.32. The van der Waals surface area contributed by atoms with Gasteiger partial charge in [-0.1, -0.05) is 52.0 Å². The summed E-state index contributed by atoms with van der Waals surface area (Å²) in [6.45, 7) is 13.3. The van der Waals surface area contributed by atoms with E-state index in [1.54, 1.807) is 0 Å². The number of likely N-dealkylation sites (N-methyl/N-ethyl adjacent to an activating group) is 1. The van der Waals surface area contributed by atoms with Crippen LogP contribution in [0.3, 0.4) is 0 Å². The molecule has 24 heavy (non-hydrogen) atoms. The van der Waals surface area contributed by atoms with Crippen molar-refractivity contribution in [1.82, 2.24) is 15.1 Å². The Morgan fingerprint density at radius 1 is 1.00 bits per heavy atom. The largest absolute Gasteiger partial charge is 0.348 e. The van der Waals surface area contributed by atoms with E-state index in [-0.39, 0.29) is 11.9 Å². The van der Waals surface area contributed by atoms with Gasteiger partial charge in [0, 0.05) is 26.2 Å². The van der Waals surface area contributed by atoms with Crippen LogP contribution >= 0.6 is 0 Å². The maximum absolute atomic E-state index is 12.5. The first-order valence-electron chi connectivity index (χ1n) is 9.17. The van der Waals surface area contributed by atoms with Crippen molar-refractivity contribution in [2.45, 2.75) is 39.7 Å². The van der Waals surface area contributed by atoms with Gasteiger partial charge >= 0.3 is 0 Å². The first-order valence-corrected chi connectivity index (χ1v) is 9.17. The Kier molecular flexibility index (Phi) is 6.81. The van der Waals surface area contributed by atoms with Gasteiger partial charge in [0.1, 0.15) is 0 Å². The second-order valence-electron chi connectivity index (χ2n) is 7.69. The molecule has 0 saturated carbocycles. The molecule has 1 heterocycles. The van der Waals surface area contributed by atoms with Gasteiger partial charge in [-0.05, 0) is 30.0 Å². The molecule has 1 unspecified atom stereocenters. The highest BCUT2D eigenvalue weighted by Gasteiger charge is 2.21. The zero-order valence-corrected chi connectivity index (χ0v) is 15.9. The Labute approximate surface area is 147 Å². The number of hydrogen-bond donors (Lipinski definition) is 1. The van der Waals surface area contributed by atoms with E-state index >= 15 is 0 Å². The molecule has 1 aliphatic heterocycles. The molecule has 4 nitrogen and oxygen atoms in total. The topological polar surface area (TPSA) is 35.6 Å². The first-order chi connectivity index (χ1) is 11.4. The summed E-state index contributed by atoms with van der Waals surface area (Å²) >= 11 is 0. The van der Waals surface area contributed by atoms with E-state index in [1.165, 1.54) is 11.1 Å². The predicted molar refractivity (Wildman–Crippen MR) is 100 cm³/mol. The average Bonchev–Trinajstić information content (AvgIpc) is 2.54. The summed E-state index contributed by atoms with van der Waals surface area (Å²) < 4.78 is 0. The fourth-order valence-electron chi connectivity index (χ4n) is 3.15. The van der Waals surface area contributed by atoms with Gasteiger partial charge < -0.3 is 10.2 Å². The van der Waals surface area contributed by atoms with E-state index in [0.29, 0.717) is 18.4 Å². The Morgan fingerprint density at radius 3 is 2.04 bits per heavy atom. The molecule has 1 aliphatic rings. The van der Waals surface area contributed by atoms with E-state index < -0.39 is 0 Å². The van der Waals surface area contributed by atoms with Crippen molar-refractivity contribution in [3.63, 3.8) is 0 Å². The molecule has 0 spiro atoms. The maximum atomic E-state index is 12.5. The van der Waals surface area contributed by atoms with Crippen LogP contribution < -0.4 is 5.32 Å². The minimum atomic E-state index is 0.0752. The lowest BCUT2D eigenvalue weighted by molar-refractivity contribution is -0.123. The van der Waals surface area contributed by atoms with Gasteiger partial charge in [0.15, 0.2) is 0 Å². The zero-order chi connectivity index (χ0) is 17.7. The van der Waals surface area contributed by atoms with Crippen molar-refractivity contribution in [2.24, 2.45) is 5.92 Å². The molecule has 1 fully saturated rings. The summed E-state index contributed by atoms with van der Waals surface area (Å²) in [6, 6.07) is 8.77. The number of benzene rings is 1. The summed E-state index contributed by atoms with van der Waals surface area (Å²) in [4.78, 5) is 17.0. The van der Waals surface area contributed by atoms with Crippen molar-refractivity contribution in [3.8, 4) is 0 Å². The van der Waals surface area contributed by atoms with Gasteiger partial charge in [-0.3, -0.25) is 9.69 Å². The summed E-state index contributed by atoms with van der Waals surface area (Å²) in [5.74, 6) is 1.03. The van der Waals surface area contributed by atoms with Crippen LogP contribution in [-0.4, -0.2) is 55.5 Å². The van der Waals surface area contributed by atoms with Gasteiger partial charge in [-0.2, -0.15) is 0 Å². The minimum absolute atomic E-state index is 0.0752. The van der Waals surface area contributed by atoms with Crippen LogP contribution in [0.25, 0.3) is 0 Å². The van der Waals surface area contributed by atoms with Crippen LogP contribution in [0.15, 0.2) is 24.3 Å². The molecule has 134 valence electrons. The highest BCUT2D eigenvalue weighted by atomic mass is 16.2. The number of hydrogen-bond acceptors (Lipinski definition) is 3. The summed E-state index contributed by atoms with van der Waals surface area (Å²) in [6.07, 6.45) is 0. The molecule has 1 aromatic rings. The first kappa shape index (κ1) is 18.9. The van der Waals surface area contributed by atoms with Crippen LogP contribution in [0.1, 0.15) is 50.8 Å². The normalized spacial score (nSPS) is 18.1. The monoisotopic (exact) mass is 331 g/mol. The highest BCUT2D eigenvalue weighted by molar-refractivity contribution is 5.78. The molecule has 0 radical (unpaired) electrons. The second kappa shape index (κ2) is 8.63. The molecule has 2 rings (SSSR count). The molecule has 1 aromatic carbocycles. The van der Waals surface area contributed by atoms with Crippen LogP contribution in [0, 0.1) is 5.92 Å². The number of carbonyl (C=O) groups excluding carboxylic acids is 1. The number of carbonyl (C=O) groups is 1. The zero-order valence-electron chi connectivity index (χ0n) is 15.9. The Morgan fingerprint density at radius 2 is 1.54 bits per heavy atom. The third-order valence-corrected chi connectivity index (χ3v) is 4.91. The van der Waals surface area contributed by atoms with Crippen molar-refractivity contribution in [1.29, 1.82) is 0 Å². The standard InChI is InChI=1S/C20H33N3O/c1-15(2)17-6-8-18(9-7-17)20(16(3)4)21-19(24)14-23-12-10-22(5)11-13-23/h6-9,15-16,20H,10-14H2,1-5H3,(H,21,24). The van der Waals surface area contributed by atoms with Gasteiger partial charge in [0.2, 0.25) is 5.91 Å². The lowest BCUT2D eigenvalue weighted by Crippen LogP contribution is -2.48. The molecular formula is C20H33N3O. The van der Waals surface area contributed by atoms with Crippen molar-refractivity contribution < 1.29 is 4.79 Å². The maximum Gasteiger partial charge on any atom is 0.234 e. The molecule has 0 bridgehead atoms. The van der Waals surface area contributed by atoms with E-state index in [2.05, 4.69) is 74.1 Å². The van der Waals surface area contributed by atoms with Gasteiger partial charge in [0.05, 0.1) is 12.6 Å². The third-order valence-electron chi connectivity index (χ3n) is 4.91. The second-order valence-corrected chi connectivity index (χ2v) is 7.69. The Bertz CT molecular complexity index is 516. The quantitative estimate of drug-likeness (QED) is 0.871. The average molecular weight is 332 g/mol. The van der Waals surface area contributed by atoms with Crippen molar-refractivity contribution in [2.75, 3.05) is 39.8 Å². The van der Waals surface area contributed by atoms with E-state index in [1.807, 2.05) is 0 Å². The molecule has 1 atom stereocenters. The van der Waals surface area contributed by atoms with Crippen LogP contribution in [-0.2, 0) is 4.79 Å². The number of nitrogens with one attached hydrogen (secondary N) is 1. The molecule has 0 aliphatic carbocycles. The number of nitrogens with zero attached hydrogens (tertiary/aromatic N) is 2. The lowest BCUT2D eigenvalue weighted by atomic mass is 9.93. The fraction of sp³-hybridized carbons (Fsp3) is 0.650. The Hall–Kier alpha value is -1.39. The number of amides is 1. The number of rotatable bonds is 6. The smallest absolute Gasteiger partial charge is 0.234 e. The van der Waals surface area contributed by atoms with Crippen molar-refractivity contribution >= 4 is 5.91 Å². The summed E-state index contributed by atoms with van der Waals surface area (Å²) in [5, 5.41) is 3.25. The van der Waals surface area contributed by atoms with Gasteiger partial charge in [-0.25, -0.2) is 0 Å². The van der Waals surface area contributed by atoms with Crippen molar-refractivity contribution in [3.05, 3.63) is 35.4 Å². The Balaban J connectivity index is 1.96. The molecule has 1 N–H and O–H groups in total.